The summed E-state index contributed by atoms with van der Waals surface area (Å²) < 4.78 is 2.03. The van der Waals surface area contributed by atoms with Crippen LogP contribution in [0.2, 0.25) is 0 Å². The molecule has 1 rings (SSSR count). The van der Waals surface area contributed by atoms with Gasteiger partial charge in [-0.05, 0) is 6.42 Å². The molecule has 1 aromatic rings. The van der Waals surface area contributed by atoms with Crippen LogP contribution in [-0.2, 0) is 6.42 Å². The van der Waals surface area contributed by atoms with Crippen molar-refractivity contribution in [2.24, 2.45) is 5.73 Å². The molecule has 0 aliphatic heterocycles. The molecule has 2 N–H and O–H groups in total. The molecule has 11 heavy (non-hydrogen) atoms. The topological polar surface area (TPSA) is 43.8 Å². The van der Waals surface area contributed by atoms with E-state index in [9.17, 15) is 0 Å². The predicted octanol–water partition coefficient (Wildman–Crippen LogP) is 1.31. The first kappa shape index (κ1) is 8.27. The third-order valence-corrected chi connectivity index (χ3v) is 1.84. The minimum atomic E-state index is 0.0902. The number of imidazole rings is 1. The van der Waals surface area contributed by atoms with Crippen LogP contribution in [-0.4, -0.2) is 9.55 Å². The fourth-order valence-corrected chi connectivity index (χ4v) is 1.12. The van der Waals surface area contributed by atoms with E-state index in [-0.39, 0.29) is 6.17 Å². The van der Waals surface area contributed by atoms with Crippen molar-refractivity contribution in [3.05, 3.63) is 18.2 Å². The summed E-state index contributed by atoms with van der Waals surface area (Å²) in [6.45, 7) is 4.16. The fraction of sp³-hybridized carbons (Fsp3) is 0.625. The summed E-state index contributed by atoms with van der Waals surface area (Å²) in [7, 11) is 0. The van der Waals surface area contributed by atoms with Crippen molar-refractivity contribution in [3.63, 3.8) is 0 Å². The van der Waals surface area contributed by atoms with Crippen LogP contribution in [0.4, 0.5) is 0 Å². The Balaban J connectivity index is 2.83. The molecule has 3 heteroatoms. The third-order valence-electron chi connectivity index (χ3n) is 1.84. The van der Waals surface area contributed by atoms with Crippen LogP contribution in [0.5, 0.6) is 0 Å². The Labute approximate surface area is 67.2 Å². The molecule has 0 spiro atoms. The molecular formula is C8H15N3. The molecule has 62 valence electrons. The minimum absolute atomic E-state index is 0.0902. The SMILES string of the molecule is CCc1nccn1C(N)CC. The standard InChI is InChI=1S/C8H15N3/c1-3-7(9)11-6-5-10-8(11)4-2/h5-7H,3-4,9H2,1-2H3. The van der Waals surface area contributed by atoms with Gasteiger partial charge in [-0.25, -0.2) is 4.98 Å². The number of nitrogens with zero attached hydrogens (tertiary/aromatic N) is 2. The lowest BCUT2D eigenvalue weighted by Gasteiger charge is -2.12. The maximum absolute atomic E-state index is 5.84. The number of nitrogens with two attached hydrogens (primary N) is 1. The molecule has 0 radical (unpaired) electrons. The van der Waals surface area contributed by atoms with Crippen molar-refractivity contribution in [1.29, 1.82) is 0 Å². The Kier molecular flexibility index (Phi) is 2.65. The zero-order valence-corrected chi connectivity index (χ0v) is 7.12. The smallest absolute Gasteiger partial charge is 0.109 e. The van der Waals surface area contributed by atoms with Gasteiger partial charge in [-0.15, -0.1) is 0 Å². The van der Waals surface area contributed by atoms with Gasteiger partial charge < -0.3 is 10.3 Å². The highest BCUT2D eigenvalue weighted by Gasteiger charge is 2.05. The molecule has 0 aromatic carbocycles. The Morgan fingerprint density at radius 2 is 2.36 bits per heavy atom. The Bertz CT molecular complexity index is 217. The lowest BCUT2D eigenvalue weighted by Crippen LogP contribution is -2.18. The highest BCUT2D eigenvalue weighted by atomic mass is 15.1. The number of aromatic nitrogens is 2. The first-order valence-electron chi connectivity index (χ1n) is 4.06. The molecule has 1 atom stereocenters. The van der Waals surface area contributed by atoms with Crippen LogP contribution in [0.25, 0.3) is 0 Å². The second-order valence-corrected chi connectivity index (χ2v) is 2.58. The van der Waals surface area contributed by atoms with E-state index in [1.54, 1.807) is 6.20 Å². The van der Waals surface area contributed by atoms with Gasteiger partial charge in [0.2, 0.25) is 0 Å². The lowest BCUT2D eigenvalue weighted by molar-refractivity contribution is 0.487. The molecule has 0 bridgehead atoms. The van der Waals surface area contributed by atoms with Gasteiger partial charge in [-0.1, -0.05) is 13.8 Å². The van der Waals surface area contributed by atoms with E-state index < -0.39 is 0 Å². The summed E-state index contributed by atoms with van der Waals surface area (Å²) in [5.41, 5.74) is 5.84. The highest BCUT2D eigenvalue weighted by molar-refractivity contribution is 4.93. The number of aryl methyl sites for hydroxylation is 1. The first-order chi connectivity index (χ1) is 5.29. The molecule has 1 aromatic heterocycles. The lowest BCUT2D eigenvalue weighted by atomic mass is 10.3. The largest absolute Gasteiger partial charge is 0.319 e. The zero-order chi connectivity index (χ0) is 8.27. The van der Waals surface area contributed by atoms with Gasteiger partial charge in [0.05, 0.1) is 6.17 Å². The number of hydrogen-bond acceptors (Lipinski definition) is 2. The summed E-state index contributed by atoms with van der Waals surface area (Å²) in [5, 5.41) is 0. The molecule has 0 aliphatic carbocycles. The average molecular weight is 153 g/mol. The second-order valence-electron chi connectivity index (χ2n) is 2.58. The number of hydrogen-bond donors (Lipinski definition) is 1. The Morgan fingerprint density at radius 3 is 2.91 bits per heavy atom. The molecule has 0 aliphatic rings. The second kappa shape index (κ2) is 3.53. The van der Waals surface area contributed by atoms with E-state index >= 15 is 0 Å². The van der Waals surface area contributed by atoms with Crippen molar-refractivity contribution in [3.8, 4) is 0 Å². The predicted molar refractivity (Wildman–Crippen MR) is 45.1 cm³/mol. The third kappa shape index (κ3) is 1.60. The van der Waals surface area contributed by atoms with Crippen LogP contribution in [0, 0.1) is 0 Å². The summed E-state index contributed by atoms with van der Waals surface area (Å²) in [6, 6.07) is 0. The molecule has 1 heterocycles. The van der Waals surface area contributed by atoms with Crippen molar-refractivity contribution in [1.82, 2.24) is 9.55 Å². The zero-order valence-electron chi connectivity index (χ0n) is 7.12. The van der Waals surface area contributed by atoms with E-state index in [1.165, 1.54) is 0 Å². The van der Waals surface area contributed by atoms with E-state index in [4.69, 9.17) is 5.73 Å². The summed E-state index contributed by atoms with van der Waals surface area (Å²) in [5.74, 6) is 1.07. The van der Waals surface area contributed by atoms with Gasteiger partial charge in [0, 0.05) is 18.8 Å². The van der Waals surface area contributed by atoms with E-state index in [1.807, 2.05) is 10.8 Å². The fourth-order valence-electron chi connectivity index (χ4n) is 1.12. The molecule has 3 nitrogen and oxygen atoms in total. The monoisotopic (exact) mass is 153 g/mol. The first-order valence-corrected chi connectivity index (χ1v) is 4.06. The summed E-state index contributed by atoms with van der Waals surface area (Å²) >= 11 is 0. The molecule has 0 saturated carbocycles. The van der Waals surface area contributed by atoms with Crippen LogP contribution in [0.3, 0.4) is 0 Å². The van der Waals surface area contributed by atoms with Gasteiger partial charge in [0.25, 0.3) is 0 Å². The van der Waals surface area contributed by atoms with Crippen LogP contribution >= 0.6 is 0 Å². The van der Waals surface area contributed by atoms with E-state index in [2.05, 4.69) is 18.8 Å². The summed E-state index contributed by atoms with van der Waals surface area (Å²) in [4.78, 5) is 4.19. The summed E-state index contributed by atoms with van der Waals surface area (Å²) in [6.07, 6.45) is 5.72. The quantitative estimate of drug-likeness (QED) is 0.711. The van der Waals surface area contributed by atoms with Gasteiger partial charge in [-0.2, -0.15) is 0 Å². The van der Waals surface area contributed by atoms with Crippen molar-refractivity contribution >= 4 is 0 Å². The van der Waals surface area contributed by atoms with Gasteiger partial charge >= 0.3 is 0 Å². The maximum atomic E-state index is 5.84. The molecule has 0 fully saturated rings. The molecular weight excluding hydrogens is 138 g/mol. The van der Waals surface area contributed by atoms with Crippen LogP contribution in [0.1, 0.15) is 32.3 Å². The Morgan fingerprint density at radius 1 is 1.64 bits per heavy atom. The Hall–Kier alpha value is -0.830. The minimum Gasteiger partial charge on any atom is -0.319 e. The average Bonchev–Trinajstić information content (AvgIpc) is 2.50. The maximum Gasteiger partial charge on any atom is 0.109 e. The molecule has 1 unspecified atom stereocenters. The van der Waals surface area contributed by atoms with Crippen LogP contribution in [0.15, 0.2) is 12.4 Å². The van der Waals surface area contributed by atoms with Crippen molar-refractivity contribution in [2.75, 3.05) is 0 Å². The van der Waals surface area contributed by atoms with Gasteiger partial charge in [-0.3, -0.25) is 0 Å². The van der Waals surface area contributed by atoms with Crippen LogP contribution < -0.4 is 5.73 Å². The van der Waals surface area contributed by atoms with E-state index in [0.29, 0.717) is 0 Å². The van der Waals surface area contributed by atoms with Crippen molar-refractivity contribution < 1.29 is 0 Å². The normalized spacial score (nSPS) is 13.4. The van der Waals surface area contributed by atoms with Crippen molar-refractivity contribution in [2.45, 2.75) is 32.9 Å². The number of rotatable bonds is 3. The van der Waals surface area contributed by atoms with E-state index in [0.717, 1.165) is 18.7 Å². The molecule has 0 saturated heterocycles. The molecule has 0 amide bonds. The van der Waals surface area contributed by atoms with Gasteiger partial charge in [0.15, 0.2) is 0 Å². The van der Waals surface area contributed by atoms with Gasteiger partial charge in [0.1, 0.15) is 5.82 Å². The highest BCUT2D eigenvalue weighted by Crippen LogP contribution is 2.07.